The van der Waals surface area contributed by atoms with Crippen molar-refractivity contribution in [1.29, 1.82) is 0 Å². The van der Waals surface area contributed by atoms with Crippen LogP contribution in [0.25, 0.3) is 0 Å². The quantitative estimate of drug-likeness (QED) is 0.348. The molecular formula is C30H32N2O5. The van der Waals surface area contributed by atoms with E-state index < -0.39 is 6.04 Å². The summed E-state index contributed by atoms with van der Waals surface area (Å²) < 4.78 is 11.6. The Morgan fingerprint density at radius 1 is 0.865 bits per heavy atom. The van der Waals surface area contributed by atoms with E-state index in [9.17, 15) is 14.4 Å². The normalized spacial score (nSPS) is 13.4. The zero-order valence-electron chi connectivity index (χ0n) is 21.0. The van der Waals surface area contributed by atoms with Crippen LogP contribution in [0.2, 0.25) is 0 Å². The van der Waals surface area contributed by atoms with Gasteiger partial charge in [-0.1, -0.05) is 48.5 Å². The molecule has 0 aliphatic heterocycles. The van der Waals surface area contributed by atoms with Gasteiger partial charge in [-0.2, -0.15) is 0 Å². The third-order valence-electron chi connectivity index (χ3n) is 6.27. The number of anilines is 1. The van der Waals surface area contributed by atoms with Gasteiger partial charge in [-0.25, -0.2) is 0 Å². The molecule has 7 nitrogen and oxygen atoms in total. The minimum absolute atomic E-state index is 0.0226. The Morgan fingerprint density at radius 3 is 2.14 bits per heavy atom. The lowest BCUT2D eigenvalue weighted by molar-refractivity contribution is -0.140. The molecule has 1 fully saturated rings. The molecule has 0 saturated heterocycles. The number of ketones is 1. The van der Waals surface area contributed by atoms with Crippen molar-refractivity contribution in [3.8, 4) is 11.5 Å². The molecule has 7 heteroatoms. The summed E-state index contributed by atoms with van der Waals surface area (Å²) >= 11 is 0. The van der Waals surface area contributed by atoms with E-state index in [2.05, 4.69) is 5.32 Å². The van der Waals surface area contributed by atoms with Crippen molar-refractivity contribution < 1.29 is 23.9 Å². The maximum atomic E-state index is 13.3. The molecule has 1 aliphatic carbocycles. The van der Waals surface area contributed by atoms with Gasteiger partial charge in [0.05, 0.1) is 13.2 Å². The van der Waals surface area contributed by atoms with Gasteiger partial charge in [0.2, 0.25) is 11.8 Å². The first-order valence-electron chi connectivity index (χ1n) is 12.5. The number of rotatable bonds is 13. The number of hydrogen-bond acceptors (Lipinski definition) is 5. The molecular weight excluding hydrogens is 468 g/mol. The maximum Gasteiger partial charge on any atom is 0.249 e. The lowest BCUT2D eigenvalue weighted by Crippen LogP contribution is -2.48. The number of hydrogen-bond donors (Lipinski definition) is 1. The first kappa shape index (κ1) is 26.1. The van der Waals surface area contributed by atoms with Crippen molar-refractivity contribution in [3.05, 3.63) is 90.5 Å². The first-order valence-corrected chi connectivity index (χ1v) is 12.5. The molecule has 0 heterocycles. The van der Waals surface area contributed by atoms with Crippen LogP contribution in [-0.2, 0) is 25.7 Å². The highest BCUT2D eigenvalue weighted by atomic mass is 16.5. The number of benzene rings is 3. The van der Waals surface area contributed by atoms with Crippen LogP contribution in [0.5, 0.6) is 11.5 Å². The fourth-order valence-corrected chi connectivity index (χ4v) is 3.87. The highest BCUT2D eigenvalue weighted by molar-refractivity contribution is 5.97. The first-order chi connectivity index (χ1) is 18.0. The van der Waals surface area contributed by atoms with E-state index in [1.807, 2.05) is 60.7 Å². The summed E-state index contributed by atoms with van der Waals surface area (Å²) in [5.41, 5.74) is 1.54. The van der Waals surface area contributed by atoms with Gasteiger partial charge in [0.25, 0.3) is 0 Å². The molecule has 1 atom stereocenters. The SMILES string of the molecule is CN(C(=O)CCC(=O)C1CC1)C(COCc1ccccc1)C(=O)Nc1ccc(Oc2ccccc2)cc1. The third-order valence-corrected chi connectivity index (χ3v) is 6.27. The largest absolute Gasteiger partial charge is 0.457 e. The van der Waals surface area contributed by atoms with Gasteiger partial charge in [0, 0.05) is 31.5 Å². The average molecular weight is 501 g/mol. The number of nitrogens with zero attached hydrogens (tertiary/aromatic N) is 1. The molecule has 1 saturated carbocycles. The van der Waals surface area contributed by atoms with Gasteiger partial charge in [-0.15, -0.1) is 0 Å². The second-order valence-electron chi connectivity index (χ2n) is 9.19. The summed E-state index contributed by atoms with van der Waals surface area (Å²) in [4.78, 5) is 39.6. The number of likely N-dealkylation sites (N-methyl/N-ethyl adjacent to an activating group) is 1. The Labute approximate surface area is 217 Å². The monoisotopic (exact) mass is 500 g/mol. The Morgan fingerprint density at radius 2 is 1.49 bits per heavy atom. The van der Waals surface area contributed by atoms with Crippen LogP contribution in [0, 0.1) is 5.92 Å². The Hall–Kier alpha value is -3.97. The number of amides is 2. The molecule has 37 heavy (non-hydrogen) atoms. The minimum atomic E-state index is -0.854. The van der Waals surface area contributed by atoms with Gasteiger partial charge < -0.3 is 19.7 Å². The summed E-state index contributed by atoms with van der Waals surface area (Å²) in [5.74, 6) is 0.967. The minimum Gasteiger partial charge on any atom is -0.457 e. The highest BCUT2D eigenvalue weighted by Gasteiger charge is 2.31. The van der Waals surface area contributed by atoms with Gasteiger partial charge >= 0.3 is 0 Å². The van der Waals surface area contributed by atoms with E-state index >= 15 is 0 Å². The standard InChI is InChI=1S/C30H32N2O5/c1-32(29(34)19-18-28(33)23-12-13-23)27(21-36-20-22-8-4-2-5-9-22)30(35)31-24-14-16-26(17-15-24)37-25-10-6-3-7-11-25/h2-11,14-17,23,27H,12-13,18-21H2,1H3,(H,31,35). The summed E-state index contributed by atoms with van der Waals surface area (Å²) in [6.45, 7) is 0.340. The van der Waals surface area contributed by atoms with Gasteiger partial charge in [-0.3, -0.25) is 14.4 Å². The predicted octanol–water partition coefficient (Wildman–Crippen LogP) is 5.22. The number of para-hydroxylation sites is 1. The molecule has 0 radical (unpaired) electrons. The van der Waals surface area contributed by atoms with E-state index in [1.54, 1.807) is 31.3 Å². The van der Waals surface area contributed by atoms with Gasteiger partial charge in [0.15, 0.2) is 0 Å². The number of carbonyl (C=O) groups excluding carboxylic acids is 3. The van der Waals surface area contributed by atoms with Crippen LogP contribution in [0.4, 0.5) is 5.69 Å². The van der Waals surface area contributed by atoms with Crippen molar-refractivity contribution in [1.82, 2.24) is 4.90 Å². The molecule has 1 unspecified atom stereocenters. The van der Waals surface area contributed by atoms with E-state index in [-0.39, 0.29) is 43.0 Å². The predicted molar refractivity (Wildman–Crippen MR) is 141 cm³/mol. The third kappa shape index (κ3) is 8.02. The second kappa shape index (κ2) is 12.8. The van der Waals surface area contributed by atoms with Crippen molar-refractivity contribution >= 4 is 23.3 Å². The van der Waals surface area contributed by atoms with E-state index in [0.717, 1.165) is 24.2 Å². The molecule has 4 rings (SSSR count). The number of carbonyl (C=O) groups is 3. The Balaban J connectivity index is 1.37. The smallest absolute Gasteiger partial charge is 0.249 e. The second-order valence-corrected chi connectivity index (χ2v) is 9.19. The van der Waals surface area contributed by atoms with Crippen molar-refractivity contribution in [3.63, 3.8) is 0 Å². The number of nitrogens with one attached hydrogen (secondary N) is 1. The summed E-state index contributed by atoms with van der Waals surface area (Å²) in [6, 6.07) is 25.2. The molecule has 3 aromatic rings. The van der Waals surface area contributed by atoms with Crippen molar-refractivity contribution in [2.75, 3.05) is 19.0 Å². The van der Waals surface area contributed by atoms with E-state index in [1.165, 1.54) is 4.90 Å². The molecule has 2 amide bonds. The molecule has 0 bridgehead atoms. The maximum absolute atomic E-state index is 13.3. The fourth-order valence-electron chi connectivity index (χ4n) is 3.87. The fraction of sp³-hybridized carbons (Fsp3) is 0.300. The zero-order chi connectivity index (χ0) is 26.0. The van der Waals surface area contributed by atoms with Gasteiger partial charge in [0.1, 0.15) is 23.3 Å². The van der Waals surface area contributed by atoms with Crippen LogP contribution in [0.3, 0.4) is 0 Å². The van der Waals surface area contributed by atoms with Crippen LogP contribution in [-0.4, -0.2) is 42.2 Å². The molecule has 192 valence electrons. The van der Waals surface area contributed by atoms with Gasteiger partial charge in [-0.05, 0) is 54.8 Å². The number of Topliss-reactive ketones (excluding diaryl/α,β-unsaturated/α-hetero) is 1. The lowest BCUT2D eigenvalue weighted by Gasteiger charge is -2.27. The van der Waals surface area contributed by atoms with E-state index in [0.29, 0.717) is 18.0 Å². The molecule has 3 aromatic carbocycles. The summed E-state index contributed by atoms with van der Waals surface area (Å²) in [6.07, 6.45) is 2.11. The Kier molecular flexibility index (Phi) is 9.05. The lowest BCUT2D eigenvalue weighted by atomic mass is 10.1. The van der Waals surface area contributed by atoms with E-state index in [4.69, 9.17) is 9.47 Å². The topological polar surface area (TPSA) is 84.9 Å². The Bertz CT molecular complexity index is 1180. The van der Waals surface area contributed by atoms with Crippen LogP contribution in [0.15, 0.2) is 84.9 Å². The molecule has 1 aliphatic rings. The van der Waals surface area contributed by atoms with Crippen molar-refractivity contribution in [2.24, 2.45) is 5.92 Å². The molecule has 0 aromatic heterocycles. The highest BCUT2D eigenvalue weighted by Crippen LogP contribution is 2.31. The summed E-state index contributed by atoms with van der Waals surface area (Å²) in [5, 5.41) is 2.88. The van der Waals surface area contributed by atoms with Crippen LogP contribution < -0.4 is 10.1 Å². The molecule has 1 N–H and O–H groups in total. The van der Waals surface area contributed by atoms with Crippen LogP contribution >= 0.6 is 0 Å². The summed E-state index contributed by atoms with van der Waals surface area (Å²) in [7, 11) is 1.58. The number of ether oxygens (including phenoxy) is 2. The van der Waals surface area contributed by atoms with Crippen molar-refractivity contribution in [2.45, 2.75) is 38.3 Å². The zero-order valence-corrected chi connectivity index (χ0v) is 21.0. The average Bonchev–Trinajstić information content (AvgIpc) is 3.77. The molecule has 0 spiro atoms. The van der Waals surface area contributed by atoms with Crippen LogP contribution in [0.1, 0.15) is 31.2 Å².